The number of fused-ring (bicyclic) bond motifs is 1. The number of carbonyl (C=O) groups excluding carboxylic acids is 1. The van der Waals surface area contributed by atoms with Gasteiger partial charge in [-0.3, -0.25) is 9.89 Å². The highest BCUT2D eigenvalue weighted by Crippen LogP contribution is 2.31. The number of pyridine rings is 1. The van der Waals surface area contributed by atoms with E-state index in [4.69, 9.17) is 5.73 Å². The number of anilines is 1. The van der Waals surface area contributed by atoms with Crippen LogP contribution in [0.4, 0.5) is 5.69 Å². The second-order valence-corrected chi connectivity index (χ2v) is 5.95. The van der Waals surface area contributed by atoms with Crippen LogP contribution in [0, 0.1) is 11.8 Å². The van der Waals surface area contributed by atoms with E-state index in [2.05, 4.69) is 27.4 Å². The highest BCUT2D eigenvalue weighted by Gasteiger charge is 2.28. The van der Waals surface area contributed by atoms with Gasteiger partial charge in [0.2, 0.25) is 5.91 Å². The third-order valence-corrected chi connectivity index (χ3v) is 4.50. The zero-order valence-corrected chi connectivity index (χ0v) is 14.6. The molecule has 3 rings (SSSR count). The average molecular weight is 360 g/mol. The number of nitrogens with two attached hydrogens (primary N) is 1. The summed E-state index contributed by atoms with van der Waals surface area (Å²) >= 11 is 0. The van der Waals surface area contributed by atoms with Gasteiger partial charge in [-0.25, -0.2) is 4.98 Å². The first-order valence-electron chi connectivity index (χ1n) is 7.49. The monoisotopic (exact) mass is 359 g/mol. The topological polar surface area (TPSA) is 96.7 Å². The van der Waals surface area contributed by atoms with Gasteiger partial charge in [0, 0.05) is 18.2 Å². The molecule has 0 aromatic carbocycles. The number of H-pyrrole nitrogens is 1. The summed E-state index contributed by atoms with van der Waals surface area (Å²) < 4.78 is 0. The van der Waals surface area contributed by atoms with E-state index < -0.39 is 0 Å². The molecule has 0 aliphatic heterocycles. The first-order valence-corrected chi connectivity index (χ1v) is 7.49. The lowest BCUT2D eigenvalue weighted by molar-refractivity contribution is -0.121. The molecule has 2 heterocycles. The molecule has 0 radical (unpaired) electrons. The van der Waals surface area contributed by atoms with Crippen molar-refractivity contribution in [3.05, 3.63) is 18.5 Å². The van der Waals surface area contributed by atoms with E-state index >= 15 is 0 Å². The Balaban J connectivity index is 0.00000132. The lowest BCUT2D eigenvalue weighted by Gasteiger charge is -2.30. The number of hydrogen-bond donors (Lipinski definition) is 3. The van der Waals surface area contributed by atoms with E-state index in [1.54, 1.807) is 12.4 Å². The quantitative estimate of drug-likeness (QED) is 0.784. The van der Waals surface area contributed by atoms with Gasteiger partial charge < -0.3 is 11.1 Å². The van der Waals surface area contributed by atoms with Gasteiger partial charge >= 0.3 is 0 Å². The number of aromatic nitrogens is 3. The van der Waals surface area contributed by atoms with Crippen LogP contribution in [-0.2, 0) is 4.79 Å². The minimum atomic E-state index is 0. The maximum atomic E-state index is 12.4. The standard InChI is InChI=1S/C15H21N5O.2ClH/c1-9(16)10-2-4-11(5-3-10)15(21)19-13-6-7-17-14-12(13)8-18-20-14;;/h6-11H,2-5,16H2,1H3,(H2,17,18,19,20,21);2*1H. The van der Waals surface area contributed by atoms with Crippen LogP contribution < -0.4 is 11.1 Å². The number of aromatic amines is 1. The van der Waals surface area contributed by atoms with Crippen molar-refractivity contribution in [3.63, 3.8) is 0 Å². The minimum Gasteiger partial charge on any atom is -0.328 e. The lowest BCUT2D eigenvalue weighted by atomic mass is 9.79. The van der Waals surface area contributed by atoms with Crippen molar-refractivity contribution in [1.82, 2.24) is 15.2 Å². The maximum Gasteiger partial charge on any atom is 0.227 e. The second-order valence-electron chi connectivity index (χ2n) is 5.95. The summed E-state index contributed by atoms with van der Waals surface area (Å²) in [4.78, 5) is 16.6. The fourth-order valence-electron chi connectivity index (χ4n) is 3.10. The smallest absolute Gasteiger partial charge is 0.227 e. The van der Waals surface area contributed by atoms with Crippen LogP contribution in [0.1, 0.15) is 32.6 Å². The van der Waals surface area contributed by atoms with Crippen LogP contribution in [0.25, 0.3) is 11.0 Å². The Bertz CT molecular complexity index is 638. The third-order valence-electron chi connectivity index (χ3n) is 4.50. The van der Waals surface area contributed by atoms with Crippen LogP contribution >= 0.6 is 24.8 Å². The van der Waals surface area contributed by atoms with E-state index in [1.165, 1.54) is 0 Å². The molecule has 1 amide bonds. The van der Waals surface area contributed by atoms with Crippen LogP contribution in [0.5, 0.6) is 0 Å². The predicted molar refractivity (Wildman–Crippen MR) is 96.1 cm³/mol. The molecule has 6 nitrogen and oxygen atoms in total. The molecule has 2 aromatic rings. The SMILES string of the molecule is CC(N)C1CCC(C(=O)Nc2ccnc3[nH]ncc23)CC1.Cl.Cl. The van der Waals surface area contributed by atoms with Crippen molar-refractivity contribution in [1.29, 1.82) is 0 Å². The molecule has 1 saturated carbocycles. The van der Waals surface area contributed by atoms with Crippen LogP contribution in [-0.4, -0.2) is 27.1 Å². The molecule has 1 aliphatic carbocycles. The van der Waals surface area contributed by atoms with E-state index in [-0.39, 0.29) is 42.7 Å². The van der Waals surface area contributed by atoms with Gasteiger partial charge in [0.25, 0.3) is 0 Å². The first-order chi connectivity index (χ1) is 10.1. The molecule has 2 aromatic heterocycles. The van der Waals surface area contributed by atoms with Crippen molar-refractivity contribution >= 4 is 47.4 Å². The number of halogens is 2. The average Bonchev–Trinajstić information content (AvgIpc) is 2.97. The number of rotatable bonds is 3. The Morgan fingerprint density at radius 2 is 2.04 bits per heavy atom. The molecule has 0 saturated heterocycles. The molecule has 0 bridgehead atoms. The van der Waals surface area contributed by atoms with E-state index in [0.29, 0.717) is 11.6 Å². The van der Waals surface area contributed by atoms with Gasteiger partial charge in [0.15, 0.2) is 5.65 Å². The highest BCUT2D eigenvalue weighted by molar-refractivity contribution is 6.00. The minimum absolute atomic E-state index is 0. The van der Waals surface area contributed by atoms with Crippen LogP contribution in [0.2, 0.25) is 0 Å². The van der Waals surface area contributed by atoms with Gasteiger partial charge in [-0.2, -0.15) is 5.10 Å². The largest absolute Gasteiger partial charge is 0.328 e. The number of carbonyl (C=O) groups is 1. The first kappa shape index (κ1) is 19.7. The second kappa shape index (κ2) is 8.47. The molecule has 0 spiro atoms. The van der Waals surface area contributed by atoms with E-state index in [9.17, 15) is 4.79 Å². The molecule has 128 valence electrons. The molecule has 1 unspecified atom stereocenters. The zero-order valence-electron chi connectivity index (χ0n) is 13.0. The Morgan fingerprint density at radius 3 is 2.70 bits per heavy atom. The number of nitrogens with zero attached hydrogens (tertiary/aromatic N) is 2. The van der Waals surface area contributed by atoms with E-state index in [1.807, 2.05) is 6.07 Å². The molecule has 23 heavy (non-hydrogen) atoms. The van der Waals surface area contributed by atoms with Gasteiger partial charge in [0.1, 0.15) is 0 Å². The van der Waals surface area contributed by atoms with Crippen molar-refractivity contribution < 1.29 is 4.79 Å². The summed E-state index contributed by atoms with van der Waals surface area (Å²) in [5.41, 5.74) is 7.40. The summed E-state index contributed by atoms with van der Waals surface area (Å²) in [6, 6.07) is 2.03. The van der Waals surface area contributed by atoms with Crippen molar-refractivity contribution in [2.75, 3.05) is 5.32 Å². The zero-order chi connectivity index (χ0) is 14.8. The van der Waals surface area contributed by atoms with Gasteiger partial charge in [-0.05, 0) is 44.6 Å². The summed E-state index contributed by atoms with van der Waals surface area (Å²) in [7, 11) is 0. The van der Waals surface area contributed by atoms with Gasteiger partial charge in [0.05, 0.1) is 17.3 Å². The lowest BCUT2D eigenvalue weighted by Crippen LogP contribution is -2.33. The summed E-state index contributed by atoms with van der Waals surface area (Å²) in [5, 5.41) is 10.6. The van der Waals surface area contributed by atoms with Crippen LogP contribution in [0.3, 0.4) is 0 Å². The number of amides is 1. The van der Waals surface area contributed by atoms with Crippen molar-refractivity contribution in [2.45, 2.75) is 38.6 Å². The summed E-state index contributed by atoms with van der Waals surface area (Å²) in [6.07, 6.45) is 7.25. The molecular weight excluding hydrogens is 337 g/mol. The Morgan fingerprint density at radius 1 is 1.35 bits per heavy atom. The number of hydrogen-bond acceptors (Lipinski definition) is 4. The fraction of sp³-hybridized carbons (Fsp3) is 0.533. The Labute approximate surface area is 147 Å². The van der Waals surface area contributed by atoms with Crippen LogP contribution in [0.15, 0.2) is 18.5 Å². The normalized spacial score (nSPS) is 21.8. The predicted octanol–water partition coefficient (Wildman–Crippen LogP) is 2.89. The molecular formula is C15H23Cl2N5O. The molecule has 1 aliphatic rings. The molecule has 1 atom stereocenters. The molecule has 8 heteroatoms. The molecule has 1 fully saturated rings. The maximum absolute atomic E-state index is 12.4. The number of nitrogens with one attached hydrogen (secondary N) is 2. The molecule has 4 N–H and O–H groups in total. The Kier molecular flexibility index (Phi) is 7.25. The summed E-state index contributed by atoms with van der Waals surface area (Å²) in [5.74, 6) is 0.720. The van der Waals surface area contributed by atoms with Crippen molar-refractivity contribution in [3.8, 4) is 0 Å². The van der Waals surface area contributed by atoms with Gasteiger partial charge in [-0.15, -0.1) is 24.8 Å². The van der Waals surface area contributed by atoms with Crippen molar-refractivity contribution in [2.24, 2.45) is 17.6 Å². The summed E-state index contributed by atoms with van der Waals surface area (Å²) in [6.45, 7) is 2.05. The fourth-order valence-corrected chi connectivity index (χ4v) is 3.10. The van der Waals surface area contributed by atoms with Gasteiger partial charge in [-0.1, -0.05) is 0 Å². The Hall–Kier alpha value is -1.37. The third kappa shape index (κ3) is 4.34. The van der Waals surface area contributed by atoms with E-state index in [0.717, 1.165) is 36.8 Å². The highest BCUT2D eigenvalue weighted by atomic mass is 35.5.